The molecule has 1 aliphatic heterocycles. The Balaban J connectivity index is 1.71. The minimum atomic E-state index is -3.59. The van der Waals surface area contributed by atoms with Crippen LogP contribution in [0.1, 0.15) is 35.2 Å². The van der Waals surface area contributed by atoms with Crippen LogP contribution in [-0.4, -0.2) is 44.6 Å². The van der Waals surface area contributed by atoms with E-state index in [2.05, 4.69) is 5.32 Å². The predicted octanol–water partition coefficient (Wildman–Crippen LogP) is 3.00. The topological polar surface area (TPSA) is 92.8 Å². The SMILES string of the molecule is Cc1ccc(S(=O)(=O)N2CCCCC2)cc1NC(=O)COc1ccccc1C=O. The van der Waals surface area contributed by atoms with Crippen LogP contribution >= 0.6 is 0 Å². The van der Waals surface area contributed by atoms with Gasteiger partial charge in [-0.1, -0.05) is 24.6 Å². The van der Waals surface area contributed by atoms with Gasteiger partial charge < -0.3 is 10.1 Å². The molecule has 1 N–H and O–H groups in total. The van der Waals surface area contributed by atoms with Crippen LogP contribution in [0.2, 0.25) is 0 Å². The molecule has 1 heterocycles. The van der Waals surface area contributed by atoms with Gasteiger partial charge in [-0.2, -0.15) is 4.31 Å². The zero-order valence-electron chi connectivity index (χ0n) is 16.3. The third kappa shape index (κ3) is 5.02. The van der Waals surface area contributed by atoms with Gasteiger partial charge in [0, 0.05) is 18.8 Å². The fourth-order valence-electron chi connectivity index (χ4n) is 3.19. The number of ether oxygens (including phenoxy) is 1. The van der Waals surface area contributed by atoms with E-state index in [1.807, 2.05) is 0 Å². The number of aldehydes is 1. The van der Waals surface area contributed by atoms with E-state index in [0.717, 1.165) is 24.8 Å². The maximum Gasteiger partial charge on any atom is 0.262 e. The summed E-state index contributed by atoms with van der Waals surface area (Å²) in [5, 5.41) is 2.70. The number of nitrogens with zero attached hydrogens (tertiary/aromatic N) is 1. The number of amides is 1. The predicted molar refractivity (Wildman–Crippen MR) is 110 cm³/mol. The van der Waals surface area contributed by atoms with Gasteiger partial charge in [0.05, 0.1) is 10.5 Å². The molecule has 29 heavy (non-hydrogen) atoms. The lowest BCUT2D eigenvalue weighted by Gasteiger charge is -2.26. The van der Waals surface area contributed by atoms with E-state index in [4.69, 9.17) is 4.74 Å². The van der Waals surface area contributed by atoms with E-state index in [1.165, 1.54) is 10.4 Å². The largest absolute Gasteiger partial charge is 0.483 e. The number of nitrogens with one attached hydrogen (secondary N) is 1. The molecule has 1 fully saturated rings. The van der Waals surface area contributed by atoms with E-state index >= 15 is 0 Å². The number of benzene rings is 2. The maximum absolute atomic E-state index is 12.9. The van der Waals surface area contributed by atoms with Crippen LogP contribution in [-0.2, 0) is 14.8 Å². The monoisotopic (exact) mass is 416 g/mol. The average molecular weight is 416 g/mol. The molecule has 1 saturated heterocycles. The summed E-state index contributed by atoms with van der Waals surface area (Å²) in [6, 6.07) is 11.3. The quantitative estimate of drug-likeness (QED) is 0.701. The molecule has 7 nitrogen and oxygen atoms in total. The number of carbonyl (C=O) groups excluding carboxylic acids is 2. The number of sulfonamides is 1. The first kappa shape index (κ1) is 21.0. The molecule has 1 aliphatic rings. The lowest BCUT2D eigenvalue weighted by Crippen LogP contribution is -2.35. The Kier molecular flexibility index (Phi) is 6.66. The van der Waals surface area contributed by atoms with Crippen molar-refractivity contribution in [3.8, 4) is 5.75 Å². The normalized spacial score (nSPS) is 14.9. The average Bonchev–Trinajstić information content (AvgIpc) is 2.74. The maximum atomic E-state index is 12.9. The van der Waals surface area contributed by atoms with Gasteiger partial charge in [0.2, 0.25) is 10.0 Å². The van der Waals surface area contributed by atoms with Crippen LogP contribution in [0.3, 0.4) is 0 Å². The standard InChI is InChI=1S/C21H24N2O5S/c1-16-9-10-18(29(26,27)23-11-5-2-6-12-23)13-19(16)22-21(25)15-28-20-8-4-3-7-17(20)14-24/h3-4,7-10,13-14H,2,5-6,11-12,15H2,1H3,(H,22,25). The first-order valence-electron chi connectivity index (χ1n) is 9.49. The van der Waals surface area contributed by atoms with Gasteiger partial charge in [-0.3, -0.25) is 9.59 Å². The van der Waals surface area contributed by atoms with Gasteiger partial charge in [0.25, 0.3) is 5.91 Å². The lowest BCUT2D eigenvalue weighted by atomic mass is 10.2. The van der Waals surface area contributed by atoms with E-state index in [-0.39, 0.29) is 11.5 Å². The van der Waals surface area contributed by atoms with Gasteiger partial charge in [0.15, 0.2) is 12.9 Å². The van der Waals surface area contributed by atoms with Crippen LogP contribution < -0.4 is 10.1 Å². The van der Waals surface area contributed by atoms with Gasteiger partial charge in [-0.15, -0.1) is 0 Å². The molecule has 1 amide bonds. The van der Waals surface area contributed by atoms with Gasteiger partial charge in [0.1, 0.15) is 5.75 Å². The molecule has 2 aromatic carbocycles. The molecule has 8 heteroatoms. The van der Waals surface area contributed by atoms with E-state index in [1.54, 1.807) is 43.3 Å². The smallest absolute Gasteiger partial charge is 0.262 e. The molecule has 0 radical (unpaired) electrons. The summed E-state index contributed by atoms with van der Waals surface area (Å²) in [4.78, 5) is 23.5. The zero-order chi connectivity index (χ0) is 20.9. The summed E-state index contributed by atoms with van der Waals surface area (Å²) >= 11 is 0. The molecule has 0 aromatic heterocycles. The number of piperidine rings is 1. The Morgan fingerprint density at radius 3 is 2.59 bits per heavy atom. The summed E-state index contributed by atoms with van der Waals surface area (Å²) in [5.74, 6) is -0.128. The van der Waals surface area contributed by atoms with E-state index in [0.29, 0.717) is 36.4 Å². The van der Waals surface area contributed by atoms with Crippen molar-refractivity contribution in [1.82, 2.24) is 4.31 Å². The van der Waals surface area contributed by atoms with Crippen molar-refractivity contribution < 1.29 is 22.7 Å². The third-order valence-corrected chi connectivity index (χ3v) is 6.74. The highest BCUT2D eigenvalue weighted by Gasteiger charge is 2.26. The number of para-hydroxylation sites is 1. The van der Waals surface area contributed by atoms with E-state index in [9.17, 15) is 18.0 Å². The number of aryl methyl sites for hydroxylation is 1. The summed E-state index contributed by atoms with van der Waals surface area (Å²) < 4.78 is 32.7. The van der Waals surface area contributed by atoms with Gasteiger partial charge in [-0.05, 0) is 49.6 Å². The molecule has 0 spiro atoms. The Bertz CT molecular complexity index is 998. The van der Waals surface area contributed by atoms with Crippen molar-refractivity contribution in [1.29, 1.82) is 0 Å². The second-order valence-corrected chi connectivity index (χ2v) is 8.87. The summed E-state index contributed by atoms with van der Waals surface area (Å²) in [6.45, 7) is 2.52. The summed E-state index contributed by atoms with van der Waals surface area (Å²) in [5.41, 5.74) is 1.51. The molecule has 3 rings (SSSR count). The third-order valence-electron chi connectivity index (χ3n) is 4.84. The highest BCUT2D eigenvalue weighted by atomic mass is 32.2. The Morgan fingerprint density at radius 2 is 1.86 bits per heavy atom. The van der Waals surface area contributed by atoms with Crippen molar-refractivity contribution in [2.24, 2.45) is 0 Å². The first-order chi connectivity index (χ1) is 13.9. The fourth-order valence-corrected chi connectivity index (χ4v) is 4.73. The molecular formula is C21H24N2O5S. The summed E-state index contributed by atoms with van der Waals surface area (Å²) in [7, 11) is -3.59. The number of anilines is 1. The molecule has 0 atom stereocenters. The Hall–Kier alpha value is -2.71. The molecular weight excluding hydrogens is 392 g/mol. The lowest BCUT2D eigenvalue weighted by molar-refractivity contribution is -0.118. The molecule has 0 aliphatic carbocycles. The van der Waals surface area contributed by atoms with Crippen molar-refractivity contribution >= 4 is 27.9 Å². The second kappa shape index (κ2) is 9.19. The number of carbonyl (C=O) groups is 2. The van der Waals surface area contributed by atoms with Crippen LogP contribution in [0.4, 0.5) is 5.69 Å². The Labute approximate surface area is 170 Å². The highest BCUT2D eigenvalue weighted by molar-refractivity contribution is 7.89. The summed E-state index contributed by atoms with van der Waals surface area (Å²) in [6.07, 6.45) is 3.41. The van der Waals surface area contributed by atoms with Crippen LogP contribution in [0.5, 0.6) is 5.75 Å². The minimum absolute atomic E-state index is 0.160. The van der Waals surface area contributed by atoms with Crippen molar-refractivity contribution in [2.75, 3.05) is 25.0 Å². The molecule has 2 aromatic rings. The van der Waals surface area contributed by atoms with Crippen LogP contribution in [0.25, 0.3) is 0 Å². The second-order valence-electron chi connectivity index (χ2n) is 6.93. The molecule has 0 unspecified atom stereocenters. The minimum Gasteiger partial charge on any atom is -0.483 e. The Morgan fingerprint density at radius 1 is 1.14 bits per heavy atom. The van der Waals surface area contributed by atoms with Gasteiger partial charge in [-0.25, -0.2) is 8.42 Å². The van der Waals surface area contributed by atoms with Crippen LogP contribution in [0.15, 0.2) is 47.4 Å². The number of rotatable bonds is 7. The van der Waals surface area contributed by atoms with Crippen LogP contribution in [0, 0.1) is 6.92 Å². The molecule has 154 valence electrons. The molecule has 0 bridgehead atoms. The zero-order valence-corrected chi connectivity index (χ0v) is 17.1. The number of hydrogen-bond acceptors (Lipinski definition) is 5. The van der Waals surface area contributed by atoms with E-state index < -0.39 is 15.9 Å². The van der Waals surface area contributed by atoms with Crippen molar-refractivity contribution in [2.45, 2.75) is 31.1 Å². The van der Waals surface area contributed by atoms with Gasteiger partial charge >= 0.3 is 0 Å². The first-order valence-corrected chi connectivity index (χ1v) is 10.9. The number of hydrogen-bond donors (Lipinski definition) is 1. The fraction of sp³-hybridized carbons (Fsp3) is 0.333. The van der Waals surface area contributed by atoms with Crippen molar-refractivity contribution in [3.63, 3.8) is 0 Å². The van der Waals surface area contributed by atoms with Crippen molar-refractivity contribution in [3.05, 3.63) is 53.6 Å². The highest BCUT2D eigenvalue weighted by Crippen LogP contribution is 2.25. The molecule has 0 saturated carbocycles.